The maximum absolute atomic E-state index is 12.8. The molecule has 1 atom stereocenters. The van der Waals surface area contributed by atoms with Gasteiger partial charge >= 0.3 is 6.03 Å². The van der Waals surface area contributed by atoms with Gasteiger partial charge in [0.05, 0.1) is 24.4 Å². The van der Waals surface area contributed by atoms with Crippen LogP contribution in [0.4, 0.5) is 16.3 Å². The SMILES string of the molecule is COc1ccccc1NC(=O)Nc1cc(C(C)(C)C)nn1C1=NC(=O)C2CCCCC2=N1. The summed E-state index contributed by atoms with van der Waals surface area (Å²) in [5.41, 5.74) is 1.85. The van der Waals surface area contributed by atoms with E-state index in [4.69, 9.17) is 4.74 Å². The summed E-state index contributed by atoms with van der Waals surface area (Å²) in [5, 5.41) is 10.2. The number of para-hydroxylation sites is 2. The minimum Gasteiger partial charge on any atom is -0.495 e. The molecular formula is C23H28N6O3. The molecule has 9 nitrogen and oxygen atoms in total. The van der Waals surface area contributed by atoms with Crippen molar-refractivity contribution in [2.75, 3.05) is 17.7 Å². The number of fused-ring (bicyclic) bond motifs is 1. The van der Waals surface area contributed by atoms with E-state index in [0.717, 1.165) is 37.1 Å². The van der Waals surface area contributed by atoms with Crippen LogP contribution in [0.25, 0.3) is 0 Å². The smallest absolute Gasteiger partial charge is 0.324 e. The fourth-order valence-electron chi connectivity index (χ4n) is 3.83. The molecule has 0 radical (unpaired) electrons. The molecule has 3 amide bonds. The van der Waals surface area contributed by atoms with Crippen LogP contribution in [0.2, 0.25) is 0 Å². The van der Waals surface area contributed by atoms with Gasteiger partial charge in [-0.25, -0.2) is 9.79 Å². The maximum Gasteiger partial charge on any atom is 0.324 e. The van der Waals surface area contributed by atoms with Crippen LogP contribution < -0.4 is 15.4 Å². The summed E-state index contributed by atoms with van der Waals surface area (Å²) in [5.74, 6) is 0.694. The van der Waals surface area contributed by atoms with E-state index in [1.807, 2.05) is 26.8 Å². The van der Waals surface area contributed by atoms with Crippen LogP contribution in [0.1, 0.15) is 52.1 Å². The van der Waals surface area contributed by atoms with Crippen LogP contribution in [-0.2, 0) is 10.2 Å². The molecule has 2 aliphatic rings. The molecule has 1 aromatic heterocycles. The third-order valence-electron chi connectivity index (χ3n) is 5.59. The van der Waals surface area contributed by atoms with Crippen LogP contribution in [0.5, 0.6) is 5.75 Å². The Morgan fingerprint density at radius 1 is 1.16 bits per heavy atom. The number of anilines is 2. The Balaban J connectivity index is 1.65. The number of benzene rings is 1. The number of hydrogen-bond acceptors (Lipinski definition) is 5. The van der Waals surface area contributed by atoms with E-state index in [0.29, 0.717) is 17.3 Å². The third-order valence-corrected chi connectivity index (χ3v) is 5.59. The monoisotopic (exact) mass is 436 g/mol. The number of aliphatic imine (C=N–C) groups is 2. The second-order valence-corrected chi connectivity index (χ2v) is 9.01. The lowest BCUT2D eigenvalue weighted by molar-refractivity contribution is -0.120. The van der Waals surface area contributed by atoms with Crippen molar-refractivity contribution >= 4 is 35.1 Å². The highest BCUT2D eigenvalue weighted by atomic mass is 16.5. The van der Waals surface area contributed by atoms with Crippen LogP contribution in [-0.4, -0.2) is 40.5 Å². The van der Waals surface area contributed by atoms with E-state index < -0.39 is 6.03 Å². The Hall–Kier alpha value is -3.49. The topological polar surface area (TPSA) is 110 Å². The fourth-order valence-corrected chi connectivity index (χ4v) is 3.83. The van der Waals surface area contributed by atoms with Gasteiger partial charge in [0.15, 0.2) is 0 Å². The molecule has 2 aromatic rings. The highest BCUT2D eigenvalue weighted by Gasteiger charge is 2.32. The van der Waals surface area contributed by atoms with Crippen LogP contribution >= 0.6 is 0 Å². The molecule has 0 saturated heterocycles. The summed E-state index contributed by atoms with van der Waals surface area (Å²) in [4.78, 5) is 34.3. The first-order valence-corrected chi connectivity index (χ1v) is 10.8. The quantitative estimate of drug-likeness (QED) is 0.751. The summed E-state index contributed by atoms with van der Waals surface area (Å²) in [6, 6.07) is 8.44. The lowest BCUT2D eigenvalue weighted by Gasteiger charge is -2.24. The predicted molar refractivity (Wildman–Crippen MR) is 124 cm³/mol. The molecule has 0 bridgehead atoms. The summed E-state index contributed by atoms with van der Waals surface area (Å²) in [6.45, 7) is 6.07. The molecular weight excluding hydrogens is 408 g/mol. The predicted octanol–water partition coefficient (Wildman–Crippen LogP) is 4.21. The second kappa shape index (κ2) is 8.57. The van der Waals surface area contributed by atoms with Gasteiger partial charge in [-0.05, 0) is 31.4 Å². The van der Waals surface area contributed by atoms with E-state index in [2.05, 4.69) is 25.7 Å². The Kier molecular flexibility index (Phi) is 5.82. The van der Waals surface area contributed by atoms with Gasteiger partial charge < -0.3 is 10.1 Å². The fraction of sp³-hybridized carbons (Fsp3) is 0.435. The number of nitrogens with zero attached hydrogens (tertiary/aromatic N) is 4. The standard InChI is InChI=1S/C23H28N6O3/c1-23(2,3)18-13-19(26-22(31)25-16-11-7-8-12-17(16)32-4)29(28-18)21-24-15-10-6-5-9-14(15)20(30)27-21/h7-8,11-14H,5-6,9-10H2,1-4H3,(H2,25,26,31). The van der Waals surface area contributed by atoms with Gasteiger partial charge in [-0.2, -0.15) is 14.8 Å². The van der Waals surface area contributed by atoms with Gasteiger partial charge in [0.1, 0.15) is 11.6 Å². The van der Waals surface area contributed by atoms with Crippen molar-refractivity contribution in [3.63, 3.8) is 0 Å². The first-order chi connectivity index (χ1) is 15.3. The van der Waals surface area contributed by atoms with Gasteiger partial charge in [0, 0.05) is 17.2 Å². The van der Waals surface area contributed by atoms with Crippen LogP contribution in [0.15, 0.2) is 40.3 Å². The number of amides is 3. The summed E-state index contributed by atoms with van der Waals surface area (Å²) < 4.78 is 6.73. The van der Waals surface area contributed by atoms with Gasteiger partial charge in [-0.3, -0.25) is 10.1 Å². The van der Waals surface area contributed by atoms with Crippen molar-refractivity contribution in [2.45, 2.75) is 51.9 Å². The van der Waals surface area contributed by atoms with E-state index in [1.165, 1.54) is 4.68 Å². The van der Waals surface area contributed by atoms with E-state index in [-0.39, 0.29) is 23.2 Å². The Morgan fingerprint density at radius 2 is 1.94 bits per heavy atom. The van der Waals surface area contributed by atoms with Crippen molar-refractivity contribution in [3.05, 3.63) is 36.0 Å². The van der Waals surface area contributed by atoms with Crippen LogP contribution in [0, 0.1) is 5.92 Å². The molecule has 1 fully saturated rings. The normalized spacial score (nSPS) is 18.4. The zero-order valence-corrected chi connectivity index (χ0v) is 18.8. The Bertz CT molecular complexity index is 1110. The number of urea groups is 1. The van der Waals surface area contributed by atoms with E-state index >= 15 is 0 Å². The summed E-state index contributed by atoms with van der Waals surface area (Å²) in [6.07, 6.45) is 3.58. The number of ether oxygens (including phenoxy) is 1. The number of carbonyl (C=O) groups excluding carboxylic acids is 2. The number of hydrogen-bond donors (Lipinski definition) is 2. The molecule has 1 aliphatic heterocycles. The van der Waals surface area contributed by atoms with Crippen molar-refractivity contribution in [3.8, 4) is 5.75 Å². The largest absolute Gasteiger partial charge is 0.495 e. The number of methoxy groups -OCH3 is 1. The Morgan fingerprint density at radius 3 is 2.69 bits per heavy atom. The van der Waals surface area contributed by atoms with Gasteiger partial charge in [0.2, 0.25) is 0 Å². The zero-order chi connectivity index (χ0) is 22.9. The molecule has 1 aromatic carbocycles. The van der Waals surface area contributed by atoms with Crippen molar-refractivity contribution in [2.24, 2.45) is 15.9 Å². The first kappa shape index (κ1) is 21.7. The van der Waals surface area contributed by atoms with Crippen molar-refractivity contribution < 1.29 is 14.3 Å². The molecule has 9 heteroatoms. The number of aromatic nitrogens is 2. The van der Waals surface area contributed by atoms with E-state index in [1.54, 1.807) is 31.4 Å². The number of nitrogens with one attached hydrogen (secondary N) is 2. The molecule has 0 spiro atoms. The van der Waals surface area contributed by atoms with E-state index in [9.17, 15) is 9.59 Å². The van der Waals surface area contributed by atoms with Gasteiger partial charge in [-0.1, -0.05) is 39.3 Å². The molecule has 1 aliphatic carbocycles. The Labute approximate surface area is 187 Å². The summed E-state index contributed by atoms with van der Waals surface area (Å²) in [7, 11) is 1.54. The lowest BCUT2D eigenvalue weighted by Crippen LogP contribution is -2.34. The van der Waals surface area contributed by atoms with Gasteiger partial charge in [-0.15, -0.1) is 0 Å². The summed E-state index contributed by atoms with van der Waals surface area (Å²) >= 11 is 0. The average Bonchev–Trinajstić information content (AvgIpc) is 3.18. The first-order valence-electron chi connectivity index (χ1n) is 10.8. The molecule has 168 valence electrons. The maximum atomic E-state index is 12.8. The second-order valence-electron chi connectivity index (χ2n) is 9.01. The zero-order valence-electron chi connectivity index (χ0n) is 18.8. The molecule has 1 unspecified atom stereocenters. The molecule has 4 rings (SSSR count). The van der Waals surface area contributed by atoms with Crippen molar-refractivity contribution in [1.82, 2.24) is 9.78 Å². The molecule has 2 N–H and O–H groups in total. The highest BCUT2D eigenvalue weighted by molar-refractivity contribution is 6.16. The lowest BCUT2D eigenvalue weighted by atomic mass is 9.86. The average molecular weight is 437 g/mol. The number of rotatable bonds is 3. The third kappa shape index (κ3) is 4.42. The molecule has 2 heterocycles. The van der Waals surface area contributed by atoms with Gasteiger partial charge in [0.25, 0.3) is 11.9 Å². The minimum absolute atomic E-state index is 0.186. The highest BCUT2D eigenvalue weighted by Crippen LogP contribution is 2.29. The molecule has 1 saturated carbocycles. The van der Waals surface area contributed by atoms with Crippen LogP contribution in [0.3, 0.4) is 0 Å². The molecule has 32 heavy (non-hydrogen) atoms. The number of carbonyl (C=O) groups is 2. The van der Waals surface area contributed by atoms with Crippen molar-refractivity contribution in [1.29, 1.82) is 0 Å². The minimum atomic E-state index is -0.470.